The molecule has 0 aliphatic carbocycles. The van der Waals surface area contributed by atoms with E-state index in [0.717, 1.165) is 37.2 Å². The molecule has 2 rings (SSSR count). The van der Waals surface area contributed by atoms with Gasteiger partial charge >= 0.3 is 0 Å². The molecule has 1 saturated heterocycles. The number of rotatable bonds is 5. The maximum Gasteiger partial charge on any atom is 0.240 e. The highest BCUT2D eigenvalue weighted by Crippen LogP contribution is 2.15. The number of hydrogen-bond donors (Lipinski definition) is 2. The molecule has 0 amide bonds. The number of nitrogens with zero attached hydrogens (tertiary/aromatic N) is 1. The molecule has 0 saturated carbocycles. The molecule has 0 spiro atoms. The fourth-order valence-corrected chi connectivity index (χ4v) is 3.61. The van der Waals surface area contributed by atoms with Gasteiger partial charge in [-0.25, -0.2) is 13.1 Å². The molecule has 19 heavy (non-hydrogen) atoms. The van der Waals surface area contributed by atoms with Crippen molar-refractivity contribution in [3.05, 3.63) is 28.7 Å². The zero-order valence-corrected chi connectivity index (χ0v) is 13.0. The molecule has 0 aromatic heterocycles. The van der Waals surface area contributed by atoms with Crippen LogP contribution in [0.25, 0.3) is 0 Å². The third-order valence-corrected chi connectivity index (χ3v) is 4.99. The van der Waals surface area contributed by atoms with Crippen molar-refractivity contribution in [3.8, 4) is 0 Å². The van der Waals surface area contributed by atoms with Crippen molar-refractivity contribution in [2.24, 2.45) is 0 Å². The number of sulfonamides is 1. The Hall–Kier alpha value is -0.470. The number of nitrogens with one attached hydrogen (secondary N) is 2. The minimum atomic E-state index is -3.41. The van der Waals surface area contributed by atoms with E-state index in [1.54, 1.807) is 24.3 Å². The maximum atomic E-state index is 12.1. The quantitative estimate of drug-likeness (QED) is 0.820. The van der Waals surface area contributed by atoms with Crippen molar-refractivity contribution in [1.82, 2.24) is 14.9 Å². The van der Waals surface area contributed by atoms with Gasteiger partial charge in [0.2, 0.25) is 10.0 Å². The molecule has 0 radical (unpaired) electrons. The summed E-state index contributed by atoms with van der Waals surface area (Å²) in [5.41, 5.74) is 0. The van der Waals surface area contributed by atoms with E-state index in [-0.39, 0.29) is 0 Å². The predicted octanol–water partition coefficient (Wildman–Crippen LogP) is 0.633. The lowest BCUT2D eigenvalue weighted by Crippen LogP contribution is -2.46. The third kappa shape index (κ3) is 4.54. The summed E-state index contributed by atoms with van der Waals surface area (Å²) >= 11 is 3.28. The van der Waals surface area contributed by atoms with Crippen LogP contribution in [0.4, 0.5) is 0 Å². The van der Waals surface area contributed by atoms with Crippen molar-refractivity contribution < 1.29 is 8.42 Å². The summed E-state index contributed by atoms with van der Waals surface area (Å²) in [6.07, 6.45) is 0. The van der Waals surface area contributed by atoms with Crippen LogP contribution in [0, 0.1) is 0 Å². The standard InChI is InChI=1S/C12H18BrN3O2S/c13-11-2-1-3-12(10-11)19(17,18)15-6-9-16-7-4-14-5-8-16/h1-3,10,14-15H,4-9H2. The Morgan fingerprint density at radius 2 is 2.05 bits per heavy atom. The number of halogens is 1. The summed E-state index contributed by atoms with van der Waals surface area (Å²) < 4.78 is 27.5. The van der Waals surface area contributed by atoms with E-state index >= 15 is 0 Å². The van der Waals surface area contributed by atoms with Gasteiger partial charge in [-0.15, -0.1) is 0 Å². The summed E-state index contributed by atoms with van der Waals surface area (Å²) in [6.45, 7) is 5.07. The topological polar surface area (TPSA) is 61.4 Å². The average Bonchev–Trinajstić information content (AvgIpc) is 2.40. The Balaban J connectivity index is 1.87. The molecule has 1 aromatic rings. The Morgan fingerprint density at radius 3 is 2.74 bits per heavy atom. The van der Waals surface area contributed by atoms with Crippen LogP contribution in [0.5, 0.6) is 0 Å². The first-order valence-electron chi connectivity index (χ1n) is 6.26. The van der Waals surface area contributed by atoms with Crippen LogP contribution in [0.1, 0.15) is 0 Å². The molecule has 106 valence electrons. The second kappa shape index (κ2) is 6.81. The largest absolute Gasteiger partial charge is 0.314 e. The SMILES string of the molecule is O=S(=O)(NCCN1CCNCC1)c1cccc(Br)c1. The van der Waals surface area contributed by atoms with Crippen LogP contribution in [0.2, 0.25) is 0 Å². The normalized spacial score (nSPS) is 17.5. The first kappa shape index (κ1) is 14.9. The highest BCUT2D eigenvalue weighted by Gasteiger charge is 2.15. The zero-order chi connectivity index (χ0) is 13.7. The molecule has 1 aliphatic heterocycles. The average molecular weight is 348 g/mol. The van der Waals surface area contributed by atoms with Gasteiger partial charge in [0.1, 0.15) is 0 Å². The van der Waals surface area contributed by atoms with E-state index in [2.05, 4.69) is 30.9 Å². The van der Waals surface area contributed by atoms with E-state index < -0.39 is 10.0 Å². The molecular formula is C12H18BrN3O2S. The van der Waals surface area contributed by atoms with Crippen LogP contribution < -0.4 is 10.0 Å². The third-order valence-electron chi connectivity index (χ3n) is 3.04. The lowest BCUT2D eigenvalue weighted by molar-refractivity contribution is 0.245. The molecule has 1 fully saturated rings. The van der Waals surface area contributed by atoms with Gasteiger partial charge in [-0.3, -0.25) is 4.90 Å². The molecule has 1 heterocycles. The van der Waals surface area contributed by atoms with E-state index in [1.807, 2.05) is 0 Å². The molecule has 1 aliphatic rings. The molecule has 0 atom stereocenters. The Labute approximate surface area is 122 Å². The van der Waals surface area contributed by atoms with Gasteiger partial charge in [-0.2, -0.15) is 0 Å². The molecule has 7 heteroatoms. The number of benzene rings is 1. The van der Waals surface area contributed by atoms with E-state index in [1.165, 1.54) is 0 Å². The monoisotopic (exact) mass is 347 g/mol. The molecular weight excluding hydrogens is 330 g/mol. The van der Waals surface area contributed by atoms with Gasteiger partial charge in [-0.1, -0.05) is 22.0 Å². The minimum absolute atomic E-state index is 0.294. The van der Waals surface area contributed by atoms with Gasteiger partial charge < -0.3 is 5.32 Å². The fraction of sp³-hybridized carbons (Fsp3) is 0.500. The van der Waals surface area contributed by atoms with Gasteiger partial charge in [0, 0.05) is 43.7 Å². The van der Waals surface area contributed by atoms with Gasteiger partial charge in [0.15, 0.2) is 0 Å². The summed E-state index contributed by atoms with van der Waals surface area (Å²) in [6, 6.07) is 6.72. The predicted molar refractivity (Wildman–Crippen MR) is 78.6 cm³/mol. The summed E-state index contributed by atoms with van der Waals surface area (Å²) in [5.74, 6) is 0. The van der Waals surface area contributed by atoms with Crippen LogP contribution in [0.3, 0.4) is 0 Å². The lowest BCUT2D eigenvalue weighted by Gasteiger charge is -2.27. The van der Waals surface area contributed by atoms with Crippen molar-refractivity contribution in [2.45, 2.75) is 4.90 Å². The van der Waals surface area contributed by atoms with E-state index in [0.29, 0.717) is 11.4 Å². The smallest absolute Gasteiger partial charge is 0.240 e. The summed E-state index contributed by atoms with van der Waals surface area (Å²) in [7, 11) is -3.41. The molecule has 0 bridgehead atoms. The van der Waals surface area contributed by atoms with E-state index in [9.17, 15) is 8.42 Å². The second-order valence-corrected chi connectivity index (χ2v) is 7.13. The van der Waals surface area contributed by atoms with Crippen molar-refractivity contribution in [1.29, 1.82) is 0 Å². The second-order valence-electron chi connectivity index (χ2n) is 4.45. The van der Waals surface area contributed by atoms with Crippen LogP contribution in [-0.2, 0) is 10.0 Å². The maximum absolute atomic E-state index is 12.1. The fourth-order valence-electron chi connectivity index (χ4n) is 1.99. The van der Waals surface area contributed by atoms with Gasteiger partial charge in [0.05, 0.1) is 4.90 Å². The van der Waals surface area contributed by atoms with E-state index in [4.69, 9.17) is 0 Å². The van der Waals surface area contributed by atoms with Crippen molar-refractivity contribution in [2.75, 3.05) is 39.3 Å². The first-order valence-corrected chi connectivity index (χ1v) is 8.54. The zero-order valence-electron chi connectivity index (χ0n) is 10.6. The Kier molecular flexibility index (Phi) is 5.35. The Bertz CT molecular complexity index is 515. The number of hydrogen-bond acceptors (Lipinski definition) is 4. The summed E-state index contributed by atoms with van der Waals surface area (Å²) in [5, 5.41) is 3.27. The highest BCUT2D eigenvalue weighted by atomic mass is 79.9. The summed E-state index contributed by atoms with van der Waals surface area (Å²) in [4.78, 5) is 2.54. The Morgan fingerprint density at radius 1 is 1.32 bits per heavy atom. The highest BCUT2D eigenvalue weighted by molar-refractivity contribution is 9.10. The van der Waals surface area contributed by atoms with Crippen LogP contribution >= 0.6 is 15.9 Å². The van der Waals surface area contributed by atoms with Crippen molar-refractivity contribution in [3.63, 3.8) is 0 Å². The van der Waals surface area contributed by atoms with Gasteiger partial charge in [0.25, 0.3) is 0 Å². The first-order chi connectivity index (χ1) is 9.08. The molecule has 1 aromatic carbocycles. The van der Waals surface area contributed by atoms with Crippen LogP contribution in [0.15, 0.2) is 33.6 Å². The molecule has 0 unspecified atom stereocenters. The van der Waals surface area contributed by atoms with Crippen molar-refractivity contribution >= 4 is 26.0 Å². The van der Waals surface area contributed by atoms with Crippen LogP contribution in [-0.4, -0.2) is 52.6 Å². The lowest BCUT2D eigenvalue weighted by atomic mass is 10.3. The minimum Gasteiger partial charge on any atom is -0.314 e. The molecule has 2 N–H and O–H groups in total. The number of piperazine rings is 1. The van der Waals surface area contributed by atoms with Gasteiger partial charge in [-0.05, 0) is 18.2 Å². The molecule has 5 nitrogen and oxygen atoms in total.